The molecule has 0 aliphatic rings. The van der Waals surface area contributed by atoms with Gasteiger partial charge >= 0.3 is 0 Å². The summed E-state index contributed by atoms with van der Waals surface area (Å²) in [5.74, 6) is 0.0777. The molecule has 13 heavy (non-hydrogen) atoms. The van der Waals surface area contributed by atoms with Crippen molar-refractivity contribution in [2.45, 2.75) is 26.3 Å². The van der Waals surface area contributed by atoms with Gasteiger partial charge in [-0.1, -0.05) is 0 Å². The fourth-order valence-electron chi connectivity index (χ4n) is 1.10. The van der Waals surface area contributed by atoms with Gasteiger partial charge in [-0.15, -0.1) is 0 Å². The number of hydrogen-bond acceptors (Lipinski definition) is 3. The average Bonchev–Trinajstić information content (AvgIpc) is 2.05. The zero-order valence-electron chi connectivity index (χ0n) is 8.84. The van der Waals surface area contributed by atoms with Gasteiger partial charge in [0.2, 0.25) is 5.91 Å². The molecule has 4 heteroatoms. The minimum Gasteiger partial charge on any atom is -0.355 e. The van der Waals surface area contributed by atoms with E-state index in [1.807, 2.05) is 18.9 Å². The second kappa shape index (κ2) is 6.86. The lowest BCUT2D eigenvalue weighted by molar-refractivity contribution is -0.122. The molecule has 0 heterocycles. The van der Waals surface area contributed by atoms with Crippen LogP contribution in [0.3, 0.4) is 0 Å². The standard InChI is InChI=1S/C9H21N3O/c1-4-11-9(13)7-12(3)8(2)5-6-10/h8H,4-7,10H2,1-3H3,(H,11,13). The second-order valence-corrected chi connectivity index (χ2v) is 3.29. The van der Waals surface area contributed by atoms with Gasteiger partial charge in [-0.25, -0.2) is 0 Å². The summed E-state index contributed by atoms with van der Waals surface area (Å²) in [4.78, 5) is 13.2. The van der Waals surface area contributed by atoms with Gasteiger partial charge in [0.25, 0.3) is 0 Å². The first-order valence-corrected chi connectivity index (χ1v) is 4.78. The molecule has 3 N–H and O–H groups in total. The van der Waals surface area contributed by atoms with Gasteiger partial charge in [0.1, 0.15) is 0 Å². The number of nitrogens with zero attached hydrogens (tertiary/aromatic N) is 1. The van der Waals surface area contributed by atoms with Gasteiger partial charge in [0, 0.05) is 12.6 Å². The molecule has 0 saturated carbocycles. The number of likely N-dealkylation sites (N-methyl/N-ethyl adjacent to an activating group) is 2. The molecule has 4 nitrogen and oxygen atoms in total. The molecule has 78 valence electrons. The summed E-state index contributed by atoms with van der Waals surface area (Å²) < 4.78 is 0. The topological polar surface area (TPSA) is 58.4 Å². The normalized spacial score (nSPS) is 13.0. The molecular weight excluding hydrogens is 166 g/mol. The monoisotopic (exact) mass is 187 g/mol. The Morgan fingerprint density at radius 1 is 1.62 bits per heavy atom. The van der Waals surface area contributed by atoms with Gasteiger partial charge < -0.3 is 11.1 Å². The molecular formula is C9H21N3O. The number of carbonyl (C=O) groups is 1. The van der Waals surface area contributed by atoms with E-state index in [4.69, 9.17) is 5.73 Å². The zero-order valence-corrected chi connectivity index (χ0v) is 8.84. The number of hydrogen-bond donors (Lipinski definition) is 2. The molecule has 0 aromatic carbocycles. The Balaban J connectivity index is 3.71. The predicted molar refractivity (Wildman–Crippen MR) is 54.4 cm³/mol. The van der Waals surface area contributed by atoms with Gasteiger partial charge in [-0.05, 0) is 33.9 Å². The third kappa shape index (κ3) is 5.60. The zero-order chi connectivity index (χ0) is 10.3. The number of carbonyl (C=O) groups excluding carboxylic acids is 1. The fraction of sp³-hybridized carbons (Fsp3) is 0.889. The molecule has 1 atom stereocenters. The summed E-state index contributed by atoms with van der Waals surface area (Å²) in [6, 6.07) is 0.368. The van der Waals surface area contributed by atoms with Crippen molar-refractivity contribution < 1.29 is 4.79 Å². The van der Waals surface area contributed by atoms with E-state index in [1.54, 1.807) is 0 Å². The Labute approximate surface area is 80.5 Å². The van der Waals surface area contributed by atoms with Gasteiger partial charge in [0.15, 0.2) is 0 Å². The van der Waals surface area contributed by atoms with Crippen molar-refractivity contribution in [3.05, 3.63) is 0 Å². The Bertz CT molecular complexity index is 150. The summed E-state index contributed by atoms with van der Waals surface area (Å²) in [5.41, 5.74) is 5.43. The highest BCUT2D eigenvalue weighted by Crippen LogP contribution is 1.98. The summed E-state index contributed by atoms with van der Waals surface area (Å²) >= 11 is 0. The lowest BCUT2D eigenvalue weighted by atomic mass is 10.2. The molecule has 0 saturated heterocycles. The first kappa shape index (κ1) is 12.4. The van der Waals surface area contributed by atoms with Crippen LogP contribution in [-0.2, 0) is 4.79 Å². The van der Waals surface area contributed by atoms with Crippen LogP contribution < -0.4 is 11.1 Å². The third-order valence-corrected chi connectivity index (χ3v) is 2.10. The lowest BCUT2D eigenvalue weighted by Crippen LogP contribution is -2.40. The highest BCUT2D eigenvalue weighted by Gasteiger charge is 2.11. The van der Waals surface area contributed by atoms with Crippen LogP contribution in [0.4, 0.5) is 0 Å². The van der Waals surface area contributed by atoms with Crippen molar-refractivity contribution in [1.82, 2.24) is 10.2 Å². The maximum absolute atomic E-state index is 11.2. The Morgan fingerprint density at radius 2 is 2.23 bits per heavy atom. The van der Waals surface area contributed by atoms with E-state index in [0.29, 0.717) is 25.7 Å². The molecule has 0 fully saturated rings. The van der Waals surface area contributed by atoms with E-state index in [2.05, 4.69) is 12.2 Å². The van der Waals surface area contributed by atoms with Crippen LogP contribution in [0.5, 0.6) is 0 Å². The average molecular weight is 187 g/mol. The van der Waals surface area contributed by atoms with Crippen LogP contribution in [0.2, 0.25) is 0 Å². The first-order valence-electron chi connectivity index (χ1n) is 4.78. The summed E-state index contributed by atoms with van der Waals surface area (Å²) in [6.45, 7) is 5.81. The van der Waals surface area contributed by atoms with Crippen LogP contribution in [0.1, 0.15) is 20.3 Å². The maximum Gasteiger partial charge on any atom is 0.234 e. The molecule has 0 spiro atoms. The summed E-state index contributed by atoms with van der Waals surface area (Å²) in [5, 5.41) is 2.76. The lowest BCUT2D eigenvalue weighted by Gasteiger charge is -2.23. The van der Waals surface area contributed by atoms with E-state index in [-0.39, 0.29) is 5.91 Å². The van der Waals surface area contributed by atoms with Crippen molar-refractivity contribution >= 4 is 5.91 Å². The molecule has 1 unspecified atom stereocenters. The van der Waals surface area contributed by atoms with Crippen molar-refractivity contribution in [3.8, 4) is 0 Å². The number of nitrogens with two attached hydrogens (primary N) is 1. The molecule has 0 rings (SSSR count). The van der Waals surface area contributed by atoms with E-state index < -0.39 is 0 Å². The van der Waals surface area contributed by atoms with Crippen LogP contribution >= 0.6 is 0 Å². The van der Waals surface area contributed by atoms with Gasteiger partial charge in [0.05, 0.1) is 6.54 Å². The predicted octanol–water partition coefficient (Wildman–Crippen LogP) is -0.208. The Hall–Kier alpha value is -0.610. The molecule has 0 aliphatic heterocycles. The Kier molecular flexibility index (Phi) is 6.54. The van der Waals surface area contributed by atoms with Crippen molar-refractivity contribution in [3.63, 3.8) is 0 Å². The molecule has 1 amide bonds. The van der Waals surface area contributed by atoms with Crippen LogP contribution in [0.15, 0.2) is 0 Å². The van der Waals surface area contributed by atoms with Gasteiger partial charge in [-0.2, -0.15) is 0 Å². The van der Waals surface area contributed by atoms with E-state index in [1.165, 1.54) is 0 Å². The van der Waals surface area contributed by atoms with Crippen molar-refractivity contribution in [1.29, 1.82) is 0 Å². The van der Waals surface area contributed by atoms with Crippen molar-refractivity contribution in [2.24, 2.45) is 5.73 Å². The van der Waals surface area contributed by atoms with E-state index in [9.17, 15) is 4.79 Å². The minimum absolute atomic E-state index is 0.0777. The second-order valence-electron chi connectivity index (χ2n) is 3.29. The Morgan fingerprint density at radius 3 is 2.69 bits per heavy atom. The van der Waals surface area contributed by atoms with Gasteiger partial charge in [-0.3, -0.25) is 9.69 Å². The number of nitrogens with one attached hydrogen (secondary N) is 1. The molecule has 0 aromatic heterocycles. The molecule has 0 bridgehead atoms. The SMILES string of the molecule is CCNC(=O)CN(C)C(C)CCN. The van der Waals surface area contributed by atoms with Crippen LogP contribution in [0.25, 0.3) is 0 Å². The third-order valence-electron chi connectivity index (χ3n) is 2.10. The summed E-state index contributed by atoms with van der Waals surface area (Å²) in [7, 11) is 1.94. The largest absolute Gasteiger partial charge is 0.355 e. The minimum atomic E-state index is 0.0777. The van der Waals surface area contributed by atoms with Crippen LogP contribution in [-0.4, -0.2) is 43.5 Å². The highest BCUT2D eigenvalue weighted by atomic mass is 16.2. The van der Waals surface area contributed by atoms with Crippen molar-refractivity contribution in [2.75, 3.05) is 26.7 Å². The highest BCUT2D eigenvalue weighted by molar-refractivity contribution is 5.77. The first-order chi connectivity index (χ1) is 6.11. The maximum atomic E-state index is 11.2. The smallest absolute Gasteiger partial charge is 0.234 e. The molecule has 0 radical (unpaired) electrons. The van der Waals surface area contributed by atoms with E-state index in [0.717, 1.165) is 6.42 Å². The summed E-state index contributed by atoms with van der Waals surface area (Å²) in [6.07, 6.45) is 0.926. The fourth-order valence-corrected chi connectivity index (χ4v) is 1.10. The molecule has 0 aromatic rings. The quantitative estimate of drug-likeness (QED) is 0.605. The van der Waals surface area contributed by atoms with E-state index >= 15 is 0 Å². The number of amides is 1. The van der Waals surface area contributed by atoms with Crippen LogP contribution in [0, 0.1) is 0 Å². The molecule has 0 aliphatic carbocycles. The number of rotatable bonds is 6.